The molecule has 9 aromatic carbocycles. The molecule has 0 saturated heterocycles. The molecule has 6 nitrogen and oxygen atoms in total. The van der Waals surface area contributed by atoms with Crippen LogP contribution in [0.15, 0.2) is 191 Å². The monoisotopic (exact) mass is 754 g/mol. The molecule has 0 fully saturated rings. The molecule has 0 amide bonds. The average molecular weight is 755 g/mol. The van der Waals surface area contributed by atoms with Gasteiger partial charge in [-0.25, -0.2) is 15.0 Å². The van der Waals surface area contributed by atoms with Gasteiger partial charge < -0.3 is 13.4 Å². The SMILES string of the molecule is c1ccc(-c2nc(-c3ccc4c(c3)oc3ccc5ccc(-n6c7ccccc7c7cc8ccccc8cc76)cc5c34)nc(-c3ccc4oc5ccccc5c4c3)n2)cc1. The van der Waals surface area contributed by atoms with Crippen molar-refractivity contribution in [3.8, 4) is 39.9 Å². The molecule has 59 heavy (non-hydrogen) atoms. The second-order valence-electron chi connectivity index (χ2n) is 15.2. The molecular formula is C53H30N4O2. The molecule has 4 aromatic heterocycles. The summed E-state index contributed by atoms with van der Waals surface area (Å²) < 4.78 is 15.2. The van der Waals surface area contributed by atoms with Crippen LogP contribution in [0.1, 0.15) is 0 Å². The molecule has 0 saturated carbocycles. The van der Waals surface area contributed by atoms with E-state index in [0.29, 0.717) is 17.5 Å². The van der Waals surface area contributed by atoms with Crippen molar-refractivity contribution in [3.63, 3.8) is 0 Å². The Bertz CT molecular complexity index is 3860. The molecule has 0 radical (unpaired) electrons. The van der Waals surface area contributed by atoms with Crippen molar-refractivity contribution < 1.29 is 8.83 Å². The number of benzene rings is 9. The van der Waals surface area contributed by atoms with Crippen LogP contribution in [0.2, 0.25) is 0 Å². The van der Waals surface area contributed by atoms with E-state index in [1.807, 2.05) is 60.7 Å². The van der Waals surface area contributed by atoms with E-state index in [0.717, 1.165) is 77.0 Å². The van der Waals surface area contributed by atoms with Gasteiger partial charge in [0.2, 0.25) is 0 Å². The van der Waals surface area contributed by atoms with Crippen LogP contribution >= 0.6 is 0 Å². The zero-order valence-electron chi connectivity index (χ0n) is 31.4. The van der Waals surface area contributed by atoms with Gasteiger partial charge in [-0.05, 0) is 94.3 Å². The fraction of sp³-hybridized carbons (Fsp3) is 0. The van der Waals surface area contributed by atoms with Crippen LogP contribution in [-0.2, 0) is 0 Å². The van der Waals surface area contributed by atoms with E-state index < -0.39 is 0 Å². The third-order valence-electron chi connectivity index (χ3n) is 11.8. The number of hydrogen-bond donors (Lipinski definition) is 0. The molecule has 0 aliphatic heterocycles. The van der Waals surface area contributed by atoms with Crippen molar-refractivity contribution in [2.75, 3.05) is 0 Å². The van der Waals surface area contributed by atoms with Gasteiger partial charge in [0.25, 0.3) is 0 Å². The van der Waals surface area contributed by atoms with E-state index in [4.69, 9.17) is 23.8 Å². The van der Waals surface area contributed by atoms with Gasteiger partial charge in [-0.2, -0.15) is 0 Å². The number of nitrogens with zero attached hydrogens (tertiary/aromatic N) is 4. The van der Waals surface area contributed by atoms with Gasteiger partial charge in [0, 0.05) is 54.7 Å². The molecular weight excluding hydrogens is 725 g/mol. The summed E-state index contributed by atoms with van der Waals surface area (Å²) in [4.78, 5) is 15.1. The second kappa shape index (κ2) is 12.2. The Balaban J connectivity index is 0.981. The lowest BCUT2D eigenvalue weighted by Gasteiger charge is -2.10. The van der Waals surface area contributed by atoms with Crippen molar-refractivity contribution in [2.45, 2.75) is 0 Å². The lowest BCUT2D eigenvalue weighted by Crippen LogP contribution is -2.00. The Morgan fingerprint density at radius 2 is 0.966 bits per heavy atom. The van der Waals surface area contributed by atoms with Crippen LogP contribution < -0.4 is 0 Å². The van der Waals surface area contributed by atoms with Crippen LogP contribution in [0.25, 0.3) is 127 Å². The van der Waals surface area contributed by atoms with Gasteiger partial charge in [0.1, 0.15) is 22.3 Å². The summed E-state index contributed by atoms with van der Waals surface area (Å²) in [6.45, 7) is 0. The molecule has 0 spiro atoms. The van der Waals surface area contributed by atoms with Gasteiger partial charge in [-0.1, -0.05) is 109 Å². The van der Waals surface area contributed by atoms with Crippen LogP contribution in [0.5, 0.6) is 0 Å². The number of para-hydroxylation sites is 2. The largest absolute Gasteiger partial charge is 0.456 e. The first-order valence-electron chi connectivity index (χ1n) is 19.8. The highest BCUT2D eigenvalue weighted by Crippen LogP contribution is 2.40. The summed E-state index contributed by atoms with van der Waals surface area (Å²) >= 11 is 0. The van der Waals surface area contributed by atoms with Gasteiger partial charge in [0.15, 0.2) is 17.5 Å². The summed E-state index contributed by atoms with van der Waals surface area (Å²) in [5.74, 6) is 1.76. The van der Waals surface area contributed by atoms with E-state index >= 15 is 0 Å². The molecule has 13 rings (SSSR count). The number of rotatable bonds is 4. The highest BCUT2D eigenvalue weighted by Gasteiger charge is 2.19. The average Bonchev–Trinajstić information content (AvgIpc) is 3.97. The Hall–Kier alpha value is -8.09. The Morgan fingerprint density at radius 3 is 1.83 bits per heavy atom. The van der Waals surface area contributed by atoms with Gasteiger partial charge in [-0.3, -0.25) is 0 Å². The minimum absolute atomic E-state index is 0.569. The van der Waals surface area contributed by atoms with Crippen LogP contribution in [0, 0.1) is 0 Å². The van der Waals surface area contributed by atoms with Crippen molar-refractivity contribution in [1.82, 2.24) is 19.5 Å². The first-order valence-corrected chi connectivity index (χ1v) is 19.8. The second-order valence-corrected chi connectivity index (χ2v) is 15.2. The molecule has 13 aromatic rings. The molecule has 0 atom stereocenters. The Kier molecular flexibility index (Phi) is 6.63. The fourth-order valence-corrected chi connectivity index (χ4v) is 9.01. The Morgan fingerprint density at radius 1 is 0.322 bits per heavy atom. The lowest BCUT2D eigenvalue weighted by molar-refractivity contribution is 0.668. The maximum absolute atomic E-state index is 6.66. The Labute approximate surface area is 336 Å². The smallest absolute Gasteiger partial charge is 0.164 e. The fourth-order valence-electron chi connectivity index (χ4n) is 9.01. The summed E-state index contributed by atoms with van der Waals surface area (Å²) in [6.07, 6.45) is 0. The molecule has 0 aliphatic carbocycles. The van der Waals surface area contributed by atoms with E-state index in [9.17, 15) is 0 Å². The van der Waals surface area contributed by atoms with E-state index in [-0.39, 0.29) is 0 Å². The van der Waals surface area contributed by atoms with Crippen LogP contribution in [0.4, 0.5) is 0 Å². The summed E-state index contributed by atoms with van der Waals surface area (Å²) in [6, 6.07) is 63.5. The van der Waals surface area contributed by atoms with Crippen molar-refractivity contribution >= 4 is 87.2 Å². The summed E-state index contributed by atoms with van der Waals surface area (Å²) in [5, 5.41) is 11.4. The number of aromatic nitrogens is 4. The first-order chi connectivity index (χ1) is 29.2. The molecule has 0 N–H and O–H groups in total. The standard InChI is InChI=1S/C53H30N4O2/c1-2-10-32(11-3-1)51-54-52(35-21-24-47-43(27-35)39-15-7-9-17-46(39)58-47)56-53(55-51)36-19-23-40-49(29-36)59-48-25-20-31-18-22-37(30-41(31)50(40)48)57-44-16-8-6-14-38(44)42-26-33-12-4-5-13-34(33)28-45(42)57/h1-30H. The van der Waals surface area contributed by atoms with E-state index in [2.05, 4.69) is 126 Å². The van der Waals surface area contributed by atoms with Crippen molar-refractivity contribution in [3.05, 3.63) is 182 Å². The van der Waals surface area contributed by atoms with E-state index in [1.54, 1.807) is 0 Å². The number of hydrogen-bond acceptors (Lipinski definition) is 5. The van der Waals surface area contributed by atoms with Crippen molar-refractivity contribution in [2.24, 2.45) is 0 Å². The quantitative estimate of drug-likeness (QED) is 0.179. The molecule has 6 heteroatoms. The van der Waals surface area contributed by atoms with Crippen LogP contribution in [0.3, 0.4) is 0 Å². The highest BCUT2D eigenvalue weighted by atomic mass is 16.3. The minimum Gasteiger partial charge on any atom is -0.456 e. The first kappa shape index (κ1) is 32.0. The third kappa shape index (κ3) is 4.90. The molecule has 0 bridgehead atoms. The third-order valence-corrected chi connectivity index (χ3v) is 11.8. The topological polar surface area (TPSA) is 69.9 Å². The molecule has 4 heterocycles. The summed E-state index contributed by atoms with van der Waals surface area (Å²) in [7, 11) is 0. The van der Waals surface area contributed by atoms with Crippen molar-refractivity contribution in [1.29, 1.82) is 0 Å². The number of furan rings is 2. The van der Waals surface area contributed by atoms with Gasteiger partial charge in [-0.15, -0.1) is 0 Å². The van der Waals surface area contributed by atoms with Crippen LogP contribution in [-0.4, -0.2) is 19.5 Å². The summed E-state index contributed by atoms with van der Waals surface area (Å²) in [5.41, 5.74) is 9.38. The molecule has 0 unspecified atom stereocenters. The maximum atomic E-state index is 6.66. The predicted molar refractivity (Wildman–Crippen MR) is 240 cm³/mol. The molecule has 0 aliphatic rings. The maximum Gasteiger partial charge on any atom is 0.164 e. The zero-order chi connectivity index (χ0) is 38.6. The highest BCUT2D eigenvalue weighted by molar-refractivity contribution is 6.20. The predicted octanol–water partition coefficient (Wildman–Crippen LogP) is 14.1. The van der Waals surface area contributed by atoms with Gasteiger partial charge >= 0.3 is 0 Å². The lowest BCUT2D eigenvalue weighted by atomic mass is 10.0. The normalized spacial score (nSPS) is 12.1. The zero-order valence-corrected chi connectivity index (χ0v) is 31.4. The number of fused-ring (bicyclic) bond motifs is 12. The van der Waals surface area contributed by atoms with Gasteiger partial charge in [0.05, 0.1) is 11.0 Å². The minimum atomic E-state index is 0.569. The molecule has 274 valence electrons. The van der Waals surface area contributed by atoms with E-state index in [1.165, 1.54) is 32.6 Å².